The van der Waals surface area contributed by atoms with Crippen molar-refractivity contribution in [3.05, 3.63) is 70.8 Å². The van der Waals surface area contributed by atoms with Gasteiger partial charge in [-0.25, -0.2) is 9.69 Å². The Bertz CT molecular complexity index is 1250. The van der Waals surface area contributed by atoms with Gasteiger partial charge in [-0.1, -0.05) is 23.7 Å². The van der Waals surface area contributed by atoms with E-state index in [1.165, 1.54) is 25.3 Å². The molecule has 8 heteroatoms. The molecule has 1 heterocycles. The number of hydrogen-bond acceptors (Lipinski definition) is 5. The molecule has 31 heavy (non-hydrogen) atoms. The number of halogens is 1. The van der Waals surface area contributed by atoms with E-state index in [0.29, 0.717) is 22.1 Å². The number of urea groups is 1. The number of methoxy groups -OCH3 is 2. The predicted octanol–water partition coefficient (Wildman–Crippen LogP) is 4.18. The van der Waals surface area contributed by atoms with Crippen LogP contribution in [-0.4, -0.2) is 32.1 Å². The lowest BCUT2D eigenvalue weighted by Gasteiger charge is -2.26. The number of carbonyl (C=O) groups excluding carboxylic acids is 3. The topological polar surface area (TPSA) is 84.9 Å². The van der Waals surface area contributed by atoms with Crippen LogP contribution >= 0.6 is 11.6 Å². The van der Waals surface area contributed by atoms with Crippen LogP contribution in [0.1, 0.15) is 5.56 Å². The molecule has 0 bridgehead atoms. The molecule has 0 atom stereocenters. The minimum atomic E-state index is -0.832. The van der Waals surface area contributed by atoms with Crippen molar-refractivity contribution < 1.29 is 23.9 Å². The zero-order valence-electron chi connectivity index (χ0n) is 16.6. The van der Waals surface area contributed by atoms with Crippen LogP contribution in [0.5, 0.6) is 11.5 Å². The van der Waals surface area contributed by atoms with E-state index in [9.17, 15) is 14.4 Å². The van der Waals surface area contributed by atoms with Crippen molar-refractivity contribution in [2.45, 2.75) is 0 Å². The molecule has 3 aromatic carbocycles. The van der Waals surface area contributed by atoms with Gasteiger partial charge in [-0.3, -0.25) is 14.9 Å². The van der Waals surface area contributed by atoms with E-state index in [0.717, 1.165) is 15.7 Å². The average molecular weight is 437 g/mol. The minimum absolute atomic E-state index is 0.205. The molecule has 7 nitrogen and oxygen atoms in total. The molecule has 1 N–H and O–H groups in total. The van der Waals surface area contributed by atoms with E-state index in [2.05, 4.69) is 5.32 Å². The van der Waals surface area contributed by atoms with Crippen molar-refractivity contribution in [3.63, 3.8) is 0 Å². The van der Waals surface area contributed by atoms with Crippen molar-refractivity contribution in [2.24, 2.45) is 0 Å². The maximum atomic E-state index is 13.2. The third kappa shape index (κ3) is 3.71. The second kappa shape index (κ2) is 8.12. The Morgan fingerprint density at radius 1 is 0.935 bits per heavy atom. The largest absolute Gasteiger partial charge is 0.497 e. The summed E-state index contributed by atoms with van der Waals surface area (Å²) in [5.74, 6) is -0.471. The van der Waals surface area contributed by atoms with Gasteiger partial charge in [0, 0.05) is 10.6 Å². The third-order valence-corrected chi connectivity index (χ3v) is 5.18. The smallest absolute Gasteiger partial charge is 0.335 e. The van der Waals surface area contributed by atoms with Gasteiger partial charge >= 0.3 is 6.03 Å². The van der Waals surface area contributed by atoms with Crippen molar-refractivity contribution in [1.29, 1.82) is 0 Å². The zero-order chi connectivity index (χ0) is 22.1. The summed E-state index contributed by atoms with van der Waals surface area (Å²) in [6.07, 6.45) is 1.42. The van der Waals surface area contributed by atoms with Gasteiger partial charge in [-0.05, 0) is 59.3 Å². The fourth-order valence-electron chi connectivity index (χ4n) is 3.38. The lowest BCUT2D eigenvalue weighted by molar-refractivity contribution is -0.122. The lowest BCUT2D eigenvalue weighted by atomic mass is 9.99. The summed E-state index contributed by atoms with van der Waals surface area (Å²) in [5, 5.41) is 4.25. The van der Waals surface area contributed by atoms with Gasteiger partial charge in [0.2, 0.25) is 0 Å². The van der Waals surface area contributed by atoms with Gasteiger partial charge in [0.15, 0.2) is 0 Å². The van der Waals surface area contributed by atoms with E-state index in [4.69, 9.17) is 21.1 Å². The highest BCUT2D eigenvalue weighted by atomic mass is 35.5. The highest BCUT2D eigenvalue weighted by Gasteiger charge is 2.37. The standard InChI is InChI=1S/C23H17ClN2O5/c1-30-16-9-3-13-4-10-20(31-2)18(17(13)11-16)12-19-21(27)25-23(29)26(22(19)28)15-7-5-14(24)6-8-15/h3-12H,1-2H3,(H,25,27,29). The molecule has 1 aliphatic heterocycles. The monoisotopic (exact) mass is 436 g/mol. The molecule has 1 fully saturated rings. The molecule has 3 aromatic rings. The fraction of sp³-hybridized carbons (Fsp3) is 0.0870. The second-order valence-electron chi connectivity index (χ2n) is 6.70. The minimum Gasteiger partial charge on any atom is -0.497 e. The number of barbiturate groups is 1. The average Bonchev–Trinajstić information content (AvgIpc) is 2.77. The van der Waals surface area contributed by atoms with Gasteiger partial charge in [0.25, 0.3) is 11.8 Å². The van der Waals surface area contributed by atoms with Gasteiger partial charge in [0.05, 0.1) is 19.9 Å². The van der Waals surface area contributed by atoms with E-state index in [1.54, 1.807) is 31.4 Å². The number of rotatable bonds is 4. The Morgan fingerprint density at radius 3 is 2.32 bits per heavy atom. The van der Waals surface area contributed by atoms with Crippen molar-refractivity contribution in [3.8, 4) is 11.5 Å². The molecule has 0 aliphatic carbocycles. The van der Waals surface area contributed by atoms with E-state index in [1.807, 2.05) is 18.2 Å². The van der Waals surface area contributed by atoms with E-state index < -0.39 is 17.8 Å². The summed E-state index contributed by atoms with van der Waals surface area (Å²) in [6.45, 7) is 0. The molecule has 4 amide bonds. The highest BCUT2D eigenvalue weighted by Crippen LogP contribution is 2.33. The number of hydrogen-bond donors (Lipinski definition) is 1. The molecular formula is C23H17ClN2O5. The fourth-order valence-corrected chi connectivity index (χ4v) is 3.51. The third-order valence-electron chi connectivity index (χ3n) is 4.93. The summed E-state index contributed by atoms with van der Waals surface area (Å²) in [6, 6.07) is 14.4. The summed E-state index contributed by atoms with van der Waals surface area (Å²) in [5.41, 5.74) is 0.600. The molecule has 0 spiro atoms. The molecule has 156 valence electrons. The maximum absolute atomic E-state index is 13.2. The summed E-state index contributed by atoms with van der Waals surface area (Å²) in [7, 11) is 3.04. The SMILES string of the molecule is COc1ccc2ccc(OC)c(C=C3C(=O)NC(=O)N(c4ccc(Cl)cc4)C3=O)c2c1. The van der Waals surface area contributed by atoms with Crippen LogP contribution in [-0.2, 0) is 9.59 Å². The quantitative estimate of drug-likeness (QED) is 0.490. The number of fused-ring (bicyclic) bond motifs is 1. The number of imide groups is 2. The Balaban J connectivity index is 1.88. The number of ether oxygens (including phenoxy) is 2. The van der Waals surface area contributed by atoms with E-state index in [-0.39, 0.29) is 11.3 Å². The normalized spacial score (nSPS) is 15.4. The molecule has 1 aliphatic rings. The van der Waals surface area contributed by atoms with Gasteiger partial charge in [-0.2, -0.15) is 0 Å². The van der Waals surface area contributed by atoms with Gasteiger partial charge in [0.1, 0.15) is 17.1 Å². The molecule has 0 saturated carbocycles. The van der Waals surface area contributed by atoms with Crippen LogP contribution in [0.2, 0.25) is 5.02 Å². The van der Waals surface area contributed by atoms with Crippen LogP contribution < -0.4 is 19.7 Å². The van der Waals surface area contributed by atoms with Gasteiger partial charge in [-0.15, -0.1) is 0 Å². The molecule has 4 rings (SSSR count). The summed E-state index contributed by atoms with van der Waals surface area (Å²) in [4.78, 5) is 39.0. The summed E-state index contributed by atoms with van der Waals surface area (Å²) < 4.78 is 10.8. The number of carbonyl (C=O) groups is 3. The van der Waals surface area contributed by atoms with Gasteiger partial charge < -0.3 is 9.47 Å². The Morgan fingerprint density at radius 2 is 1.65 bits per heavy atom. The first-order valence-electron chi connectivity index (χ1n) is 9.24. The lowest BCUT2D eigenvalue weighted by Crippen LogP contribution is -2.54. The second-order valence-corrected chi connectivity index (χ2v) is 7.14. The van der Waals surface area contributed by atoms with Crippen LogP contribution in [0.4, 0.5) is 10.5 Å². The molecule has 0 radical (unpaired) electrons. The van der Waals surface area contributed by atoms with Crippen molar-refractivity contribution in [2.75, 3.05) is 19.1 Å². The van der Waals surface area contributed by atoms with E-state index >= 15 is 0 Å². The molecule has 0 unspecified atom stereocenters. The van der Waals surface area contributed by atoms with Crippen LogP contribution in [0.15, 0.2) is 60.2 Å². The first-order valence-corrected chi connectivity index (χ1v) is 9.62. The number of nitrogens with one attached hydrogen (secondary N) is 1. The zero-order valence-corrected chi connectivity index (χ0v) is 17.4. The molecular weight excluding hydrogens is 420 g/mol. The first-order chi connectivity index (χ1) is 14.9. The number of nitrogens with zero attached hydrogens (tertiary/aromatic N) is 1. The number of benzene rings is 3. The maximum Gasteiger partial charge on any atom is 0.335 e. The first kappa shape index (κ1) is 20.4. The highest BCUT2D eigenvalue weighted by molar-refractivity contribution is 6.39. The summed E-state index contributed by atoms with van der Waals surface area (Å²) >= 11 is 5.90. The van der Waals surface area contributed by atoms with Crippen LogP contribution in [0.25, 0.3) is 16.8 Å². The Labute approximate surface area is 182 Å². The Hall–Kier alpha value is -3.84. The molecule has 0 aromatic heterocycles. The Kier molecular flexibility index (Phi) is 5.35. The van der Waals surface area contributed by atoms with Crippen LogP contribution in [0, 0.1) is 0 Å². The molecule has 1 saturated heterocycles. The van der Waals surface area contributed by atoms with Crippen molar-refractivity contribution in [1.82, 2.24) is 5.32 Å². The number of anilines is 1. The predicted molar refractivity (Wildman–Crippen MR) is 118 cm³/mol. The number of amides is 4. The van der Waals surface area contributed by atoms with Crippen LogP contribution in [0.3, 0.4) is 0 Å². The van der Waals surface area contributed by atoms with Crippen molar-refractivity contribution >= 4 is 52.0 Å².